The fourth-order valence-corrected chi connectivity index (χ4v) is 1.91. The van der Waals surface area contributed by atoms with E-state index < -0.39 is 5.97 Å². The van der Waals surface area contributed by atoms with E-state index in [0.717, 1.165) is 17.4 Å². The van der Waals surface area contributed by atoms with Crippen molar-refractivity contribution in [3.63, 3.8) is 0 Å². The average Bonchev–Trinajstić information content (AvgIpc) is 2.78. The van der Waals surface area contributed by atoms with E-state index >= 15 is 0 Å². The van der Waals surface area contributed by atoms with E-state index in [-0.39, 0.29) is 6.42 Å². The van der Waals surface area contributed by atoms with Crippen LogP contribution in [0.1, 0.15) is 21.6 Å². The van der Waals surface area contributed by atoms with Crippen LogP contribution in [0, 0.1) is 0 Å². The van der Waals surface area contributed by atoms with E-state index in [1.165, 1.54) is 0 Å². The predicted octanol–water partition coefficient (Wildman–Crippen LogP) is 1.98. The van der Waals surface area contributed by atoms with Crippen molar-refractivity contribution >= 4 is 12.3 Å². The third-order valence-corrected chi connectivity index (χ3v) is 2.79. The molecule has 0 atom stereocenters. The maximum atomic E-state index is 10.8. The fraction of sp³-hybridized carbons (Fsp3) is 0.143. The van der Waals surface area contributed by atoms with Crippen molar-refractivity contribution in [2.45, 2.75) is 13.0 Å². The zero-order valence-electron chi connectivity index (χ0n) is 9.74. The lowest BCUT2D eigenvalue weighted by atomic mass is 10.0. The van der Waals surface area contributed by atoms with Crippen molar-refractivity contribution in [2.75, 3.05) is 0 Å². The Morgan fingerprint density at radius 3 is 2.56 bits per heavy atom. The minimum atomic E-state index is -0.856. The summed E-state index contributed by atoms with van der Waals surface area (Å²) in [6.07, 6.45) is 2.59. The summed E-state index contributed by atoms with van der Waals surface area (Å²) in [5.41, 5.74) is 2.27. The first-order valence-electron chi connectivity index (χ1n) is 5.59. The molecule has 1 heterocycles. The second-order valence-corrected chi connectivity index (χ2v) is 4.02. The van der Waals surface area contributed by atoms with Crippen molar-refractivity contribution in [3.8, 4) is 0 Å². The Hall–Kier alpha value is -2.36. The highest BCUT2D eigenvalue weighted by Gasteiger charge is 2.08. The Morgan fingerprint density at radius 2 is 1.89 bits per heavy atom. The molecule has 0 amide bonds. The zero-order valence-corrected chi connectivity index (χ0v) is 9.74. The Bertz CT molecular complexity index is 572. The van der Waals surface area contributed by atoms with Gasteiger partial charge in [0.1, 0.15) is 0 Å². The van der Waals surface area contributed by atoms with Gasteiger partial charge in [-0.3, -0.25) is 9.59 Å². The third-order valence-electron chi connectivity index (χ3n) is 2.79. The van der Waals surface area contributed by atoms with Crippen molar-refractivity contribution < 1.29 is 14.7 Å². The molecule has 0 bridgehead atoms. The second-order valence-electron chi connectivity index (χ2n) is 4.02. The lowest BCUT2D eigenvalue weighted by molar-refractivity contribution is -0.136. The lowest BCUT2D eigenvalue weighted by Crippen LogP contribution is -2.08. The molecule has 4 heteroatoms. The van der Waals surface area contributed by atoms with Gasteiger partial charge in [0, 0.05) is 12.7 Å². The van der Waals surface area contributed by atoms with Crippen LogP contribution < -0.4 is 0 Å². The van der Waals surface area contributed by atoms with E-state index in [1.807, 2.05) is 18.2 Å². The largest absolute Gasteiger partial charge is 0.481 e. The Kier molecular flexibility index (Phi) is 3.57. The van der Waals surface area contributed by atoms with Gasteiger partial charge in [0.2, 0.25) is 0 Å². The first-order chi connectivity index (χ1) is 8.70. The van der Waals surface area contributed by atoms with Gasteiger partial charge in [-0.15, -0.1) is 0 Å². The van der Waals surface area contributed by atoms with E-state index in [9.17, 15) is 9.59 Å². The number of hydrogen-bond donors (Lipinski definition) is 1. The zero-order chi connectivity index (χ0) is 13.0. The van der Waals surface area contributed by atoms with Gasteiger partial charge in [-0.05, 0) is 23.3 Å². The number of hydrogen-bond acceptors (Lipinski definition) is 2. The number of aliphatic carboxylic acids is 1. The van der Waals surface area contributed by atoms with Gasteiger partial charge >= 0.3 is 5.97 Å². The molecule has 2 aromatic rings. The molecule has 1 aromatic heterocycles. The number of benzene rings is 1. The van der Waals surface area contributed by atoms with Gasteiger partial charge in [0.25, 0.3) is 0 Å². The summed E-state index contributed by atoms with van der Waals surface area (Å²) in [5, 5.41) is 8.86. The maximum Gasteiger partial charge on any atom is 0.307 e. The van der Waals surface area contributed by atoms with Gasteiger partial charge in [-0.2, -0.15) is 0 Å². The molecule has 1 aromatic carbocycles. The molecule has 0 aliphatic rings. The van der Waals surface area contributed by atoms with Crippen molar-refractivity contribution in [1.82, 2.24) is 4.57 Å². The first kappa shape index (κ1) is 12.1. The highest BCUT2D eigenvalue weighted by Crippen LogP contribution is 2.13. The summed E-state index contributed by atoms with van der Waals surface area (Å²) >= 11 is 0. The van der Waals surface area contributed by atoms with Crippen LogP contribution in [0.15, 0.2) is 42.6 Å². The minimum Gasteiger partial charge on any atom is -0.481 e. The van der Waals surface area contributed by atoms with Crippen LogP contribution in [0.3, 0.4) is 0 Å². The summed E-state index contributed by atoms with van der Waals surface area (Å²) in [5.74, 6) is -0.856. The quantitative estimate of drug-likeness (QED) is 0.817. The molecule has 0 aliphatic carbocycles. The summed E-state index contributed by atoms with van der Waals surface area (Å²) in [6, 6.07) is 10.9. The molecule has 18 heavy (non-hydrogen) atoms. The summed E-state index contributed by atoms with van der Waals surface area (Å²) in [4.78, 5) is 21.6. The molecular weight excluding hydrogens is 230 g/mol. The van der Waals surface area contributed by atoms with Crippen LogP contribution in [-0.2, 0) is 17.8 Å². The molecular formula is C14H13NO3. The van der Waals surface area contributed by atoms with E-state index in [1.54, 1.807) is 29.0 Å². The van der Waals surface area contributed by atoms with Gasteiger partial charge in [0.05, 0.1) is 12.1 Å². The number of carboxylic acid groups (broad SMARTS) is 1. The normalized spacial score (nSPS) is 10.2. The third kappa shape index (κ3) is 2.66. The molecule has 0 spiro atoms. The molecule has 0 fully saturated rings. The van der Waals surface area contributed by atoms with E-state index in [2.05, 4.69) is 0 Å². The highest BCUT2D eigenvalue weighted by molar-refractivity contribution is 5.72. The molecule has 0 saturated heterocycles. The Balaban J connectivity index is 2.28. The summed E-state index contributed by atoms with van der Waals surface area (Å²) in [6.45, 7) is 0.504. The number of aromatic nitrogens is 1. The minimum absolute atomic E-state index is 0.00609. The standard InChI is InChI=1S/C14H13NO3/c16-10-13-6-3-7-15(13)9-12-5-2-1-4-11(12)8-14(17)18/h1-7,10H,8-9H2,(H,17,18). The van der Waals surface area contributed by atoms with Crippen molar-refractivity contribution in [1.29, 1.82) is 0 Å². The van der Waals surface area contributed by atoms with Crippen LogP contribution in [0.5, 0.6) is 0 Å². The topological polar surface area (TPSA) is 59.3 Å². The van der Waals surface area contributed by atoms with Crippen LogP contribution in [-0.4, -0.2) is 21.9 Å². The maximum absolute atomic E-state index is 10.8. The summed E-state index contributed by atoms with van der Waals surface area (Å²) < 4.78 is 1.80. The smallest absolute Gasteiger partial charge is 0.307 e. The number of carbonyl (C=O) groups is 2. The molecule has 4 nitrogen and oxygen atoms in total. The number of carbonyl (C=O) groups excluding carboxylic acids is 1. The summed E-state index contributed by atoms with van der Waals surface area (Å²) in [7, 11) is 0. The Morgan fingerprint density at radius 1 is 1.17 bits per heavy atom. The fourth-order valence-electron chi connectivity index (χ4n) is 1.91. The van der Waals surface area contributed by atoms with Gasteiger partial charge in [-0.1, -0.05) is 24.3 Å². The van der Waals surface area contributed by atoms with Crippen molar-refractivity contribution in [2.24, 2.45) is 0 Å². The molecule has 92 valence electrons. The number of nitrogens with zero attached hydrogens (tertiary/aromatic N) is 1. The molecule has 0 saturated carbocycles. The average molecular weight is 243 g/mol. The van der Waals surface area contributed by atoms with Gasteiger partial charge < -0.3 is 9.67 Å². The molecule has 0 aliphatic heterocycles. The van der Waals surface area contributed by atoms with E-state index in [4.69, 9.17) is 5.11 Å². The monoisotopic (exact) mass is 243 g/mol. The Labute approximate surface area is 104 Å². The number of rotatable bonds is 5. The van der Waals surface area contributed by atoms with Crippen molar-refractivity contribution in [3.05, 3.63) is 59.4 Å². The van der Waals surface area contributed by atoms with Crippen LogP contribution in [0.4, 0.5) is 0 Å². The molecule has 0 unspecified atom stereocenters. The van der Waals surface area contributed by atoms with Gasteiger partial charge in [0.15, 0.2) is 6.29 Å². The lowest BCUT2D eigenvalue weighted by Gasteiger charge is -2.10. The first-order valence-corrected chi connectivity index (χ1v) is 5.59. The number of aldehydes is 1. The SMILES string of the molecule is O=Cc1cccn1Cc1ccccc1CC(=O)O. The molecule has 0 radical (unpaired) electrons. The number of carboxylic acids is 1. The van der Waals surface area contributed by atoms with Gasteiger partial charge in [-0.25, -0.2) is 0 Å². The van der Waals surface area contributed by atoms with Crippen LogP contribution in [0.2, 0.25) is 0 Å². The molecule has 2 rings (SSSR count). The predicted molar refractivity (Wildman–Crippen MR) is 66.7 cm³/mol. The van der Waals surface area contributed by atoms with Crippen LogP contribution in [0.25, 0.3) is 0 Å². The van der Waals surface area contributed by atoms with E-state index in [0.29, 0.717) is 12.2 Å². The highest BCUT2D eigenvalue weighted by atomic mass is 16.4. The van der Waals surface area contributed by atoms with Crippen LogP contribution >= 0.6 is 0 Å². The molecule has 1 N–H and O–H groups in total. The second kappa shape index (κ2) is 5.31.